The lowest BCUT2D eigenvalue weighted by molar-refractivity contribution is 0.169. The zero-order valence-corrected chi connectivity index (χ0v) is 12.0. The Kier molecular flexibility index (Phi) is 5.48. The van der Waals surface area contributed by atoms with Gasteiger partial charge in [0.2, 0.25) is 0 Å². The Morgan fingerprint density at radius 1 is 1.00 bits per heavy atom. The highest BCUT2D eigenvalue weighted by Gasteiger charge is 2.16. The van der Waals surface area contributed by atoms with Crippen LogP contribution in [0, 0.1) is 0 Å². The van der Waals surface area contributed by atoms with Crippen molar-refractivity contribution in [1.29, 1.82) is 0 Å². The van der Waals surface area contributed by atoms with Crippen LogP contribution in [0.1, 0.15) is 6.42 Å². The van der Waals surface area contributed by atoms with Gasteiger partial charge in [-0.25, -0.2) is 0 Å². The van der Waals surface area contributed by atoms with E-state index in [1.807, 2.05) is 12.1 Å². The first kappa shape index (κ1) is 14.2. The SMILES string of the molecule is COCCCN1CCN(c2ccc(OC)cc2)CC1. The molecule has 0 aliphatic carbocycles. The van der Waals surface area contributed by atoms with E-state index >= 15 is 0 Å². The molecule has 4 heteroatoms. The van der Waals surface area contributed by atoms with E-state index in [9.17, 15) is 0 Å². The zero-order chi connectivity index (χ0) is 13.5. The van der Waals surface area contributed by atoms with E-state index in [0.717, 1.165) is 51.5 Å². The predicted octanol–water partition coefficient (Wildman–Crippen LogP) is 1.85. The monoisotopic (exact) mass is 264 g/mol. The summed E-state index contributed by atoms with van der Waals surface area (Å²) in [6.07, 6.45) is 1.12. The Hall–Kier alpha value is -1.26. The van der Waals surface area contributed by atoms with Crippen molar-refractivity contribution < 1.29 is 9.47 Å². The topological polar surface area (TPSA) is 24.9 Å². The number of rotatable bonds is 6. The normalized spacial score (nSPS) is 16.6. The number of piperazine rings is 1. The van der Waals surface area contributed by atoms with Gasteiger partial charge in [0.25, 0.3) is 0 Å². The highest BCUT2D eigenvalue weighted by atomic mass is 16.5. The van der Waals surface area contributed by atoms with E-state index in [4.69, 9.17) is 9.47 Å². The smallest absolute Gasteiger partial charge is 0.119 e. The van der Waals surface area contributed by atoms with Gasteiger partial charge in [0.05, 0.1) is 7.11 Å². The lowest BCUT2D eigenvalue weighted by Gasteiger charge is -2.36. The number of nitrogens with zero attached hydrogens (tertiary/aromatic N) is 2. The van der Waals surface area contributed by atoms with Gasteiger partial charge in [0, 0.05) is 52.1 Å². The summed E-state index contributed by atoms with van der Waals surface area (Å²) in [5, 5.41) is 0. The van der Waals surface area contributed by atoms with Crippen LogP contribution in [0.5, 0.6) is 5.75 Å². The van der Waals surface area contributed by atoms with Crippen LogP contribution in [-0.2, 0) is 4.74 Å². The number of anilines is 1. The lowest BCUT2D eigenvalue weighted by Crippen LogP contribution is -2.46. The maximum absolute atomic E-state index is 5.19. The third kappa shape index (κ3) is 4.11. The maximum atomic E-state index is 5.19. The third-order valence-corrected chi connectivity index (χ3v) is 3.63. The van der Waals surface area contributed by atoms with E-state index in [1.54, 1.807) is 14.2 Å². The van der Waals surface area contributed by atoms with E-state index < -0.39 is 0 Å². The second kappa shape index (κ2) is 7.36. The summed E-state index contributed by atoms with van der Waals surface area (Å²) < 4.78 is 10.3. The first-order valence-corrected chi connectivity index (χ1v) is 6.94. The fourth-order valence-electron chi connectivity index (χ4n) is 2.46. The Morgan fingerprint density at radius 2 is 1.68 bits per heavy atom. The summed E-state index contributed by atoms with van der Waals surface area (Å²) in [6.45, 7) is 6.47. The van der Waals surface area contributed by atoms with Gasteiger partial charge in [0.1, 0.15) is 5.75 Å². The molecule has 0 atom stereocenters. The van der Waals surface area contributed by atoms with Crippen LogP contribution in [-0.4, -0.2) is 58.5 Å². The molecule has 1 aromatic rings. The molecule has 19 heavy (non-hydrogen) atoms. The minimum absolute atomic E-state index is 0.860. The fraction of sp³-hybridized carbons (Fsp3) is 0.600. The van der Waals surface area contributed by atoms with E-state index in [2.05, 4.69) is 21.9 Å². The maximum Gasteiger partial charge on any atom is 0.119 e. The van der Waals surface area contributed by atoms with Crippen LogP contribution >= 0.6 is 0 Å². The van der Waals surface area contributed by atoms with E-state index in [0.29, 0.717) is 0 Å². The molecular weight excluding hydrogens is 240 g/mol. The molecule has 0 N–H and O–H groups in total. The van der Waals surface area contributed by atoms with Gasteiger partial charge in [-0.3, -0.25) is 4.90 Å². The predicted molar refractivity (Wildman–Crippen MR) is 78.1 cm³/mol. The van der Waals surface area contributed by atoms with Crippen LogP contribution in [0.25, 0.3) is 0 Å². The van der Waals surface area contributed by atoms with Crippen LogP contribution in [0.15, 0.2) is 24.3 Å². The molecule has 1 saturated heterocycles. The van der Waals surface area contributed by atoms with Crippen molar-refractivity contribution in [2.75, 3.05) is 58.5 Å². The van der Waals surface area contributed by atoms with Crippen molar-refractivity contribution in [2.45, 2.75) is 6.42 Å². The molecular formula is C15H24N2O2. The molecule has 2 rings (SSSR count). The molecule has 1 aromatic carbocycles. The number of hydrogen-bond acceptors (Lipinski definition) is 4. The molecule has 0 aromatic heterocycles. The first-order valence-electron chi connectivity index (χ1n) is 6.94. The van der Waals surface area contributed by atoms with Crippen molar-refractivity contribution in [2.24, 2.45) is 0 Å². The van der Waals surface area contributed by atoms with Gasteiger partial charge in [-0.2, -0.15) is 0 Å². The molecule has 0 radical (unpaired) electrons. The van der Waals surface area contributed by atoms with Gasteiger partial charge in [0.15, 0.2) is 0 Å². The van der Waals surface area contributed by atoms with E-state index in [1.165, 1.54) is 5.69 Å². The quantitative estimate of drug-likeness (QED) is 0.732. The summed E-state index contributed by atoms with van der Waals surface area (Å²) in [5.74, 6) is 0.918. The van der Waals surface area contributed by atoms with Gasteiger partial charge in [-0.1, -0.05) is 0 Å². The second-order valence-corrected chi connectivity index (χ2v) is 4.87. The second-order valence-electron chi connectivity index (χ2n) is 4.87. The van der Waals surface area contributed by atoms with E-state index in [-0.39, 0.29) is 0 Å². The highest BCUT2D eigenvalue weighted by molar-refractivity contribution is 5.49. The summed E-state index contributed by atoms with van der Waals surface area (Å²) >= 11 is 0. The molecule has 1 aliphatic rings. The van der Waals surface area contributed by atoms with Crippen molar-refractivity contribution >= 4 is 5.69 Å². The highest BCUT2D eigenvalue weighted by Crippen LogP contribution is 2.20. The molecule has 1 heterocycles. The lowest BCUT2D eigenvalue weighted by atomic mass is 10.2. The van der Waals surface area contributed by atoms with Crippen molar-refractivity contribution in [3.8, 4) is 5.75 Å². The van der Waals surface area contributed by atoms with Gasteiger partial charge in [-0.05, 0) is 30.7 Å². The molecule has 4 nitrogen and oxygen atoms in total. The molecule has 106 valence electrons. The van der Waals surface area contributed by atoms with Crippen LogP contribution in [0.2, 0.25) is 0 Å². The molecule has 0 amide bonds. The van der Waals surface area contributed by atoms with Crippen molar-refractivity contribution in [3.63, 3.8) is 0 Å². The first-order chi connectivity index (χ1) is 9.33. The molecule has 0 spiro atoms. The Morgan fingerprint density at radius 3 is 2.26 bits per heavy atom. The number of hydrogen-bond donors (Lipinski definition) is 0. The van der Waals surface area contributed by atoms with Crippen molar-refractivity contribution in [3.05, 3.63) is 24.3 Å². The van der Waals surface area contributed by atoms with Crippen LogP contribution in [0.4, 0.5) is 5.69 Å². The Bertz CT molecular complexity index is 359. The Labute approximate surface area is 115 Å². The minimum atomic E-state index is 0.860. The van der Waals surface area contributed by atoms with Gasteiger partial charge in [-0.15, -0.1) is 0 Å². The average molecular weight is 264 g/mol. The third-order valence-electron chi connectivity index (χ3n) is 3.63. The standard InChI is InChI=1S/C15H24N2O2/c1-18-13-3-8-16-9-11-17(12-10-16)14-4-6-15(19-2)7-5-14/h4-7H,3,8-13H2,1-2H3. The molecule has 0 unspecified atom stereocenters. The molecule has 0 saturated carbocycles. The molecule has 1 fully saturated rings. The number of benzene rings is 1. The largest absolute Gasteiger partial charge is 0.497 e. The summed E-state index contributed by atoms with van der Waals surface area (Å²) in [4.78, 5) is 4.95. The summed E-state index contributed by atoms with van der Waals surface area (Å²) in [6, 6.07) is 8.33. The molecule has 0 bridgehead atoms. The summed E-state index contributed by atoms with van der Waals surface area (Å²) in [5.41, 5.74) is 1.29. The number of methoxy groups -OCH3 is 2. The Balaban J connectivity index is 1.78. The van der Waals surface area contributed by atoms with Crippen LogP contribution < -0.4 is 9.64 Å². The van der Waals surface area contributed by atoms with Crippen LogP contribution in [0.3, 0.4) is 0 Å². The minimum Gasteiger partial charge on any atom is -0.497 e. The number of ether oxygens (including phenoxy) is 2. The van der Waals surface area contributed by atoms with Crippen molar-refractivity contribution in [1.82, 2.24) is 4.90 Å². The van der Waals surface area contributed by atoms with Gasteiger partial charge < -0.3 is 14.4 Å². The van der Waals surface area contributed by atoms with Gasteiger partial charge >= 0.3 is 0 Å². The zero-order valence-electron chi connectivity index (χ0n) is 12.0. The summed E-state index contributed by atoms with van der Waals surface area (Å²) in [7, 11) is 3.47. The fourth-order valence-corrected chi connectivity index (χ4v) is 2.46. The molecule has 1 aliphatic heterocycles. The average Bonchev–Trinajstić information content (AvgIpc) is 2.48.